The van der Waals surface area contributed by atoms with E-state index < -0.39 is 0 Å². The van der Waals surface area contributed by atoms with Gasteiger partial charge in [-0.1, -0.05) is 19.0 Å². The molecule has 3 N–H and O–H groups in total. The molecule has 0 saturated carbocycles. The Labute approximate surface area is 92.3 Å². The lowest BCUT2D eigenvalue weighted by Gasteiger charge is -2.04. The normalized spacial score (nSPS) is 10.9. The van der Waals surface area contributed by atoms with E-state index in [2.05, 4.69) is 10.1 Å². The number of H-pyrrole nitrogens is 1. The Morgan fingerprint density at radius 3 is 2.88 bits per heavy atom. The lowest BCUT2D eigenvalue weighted by molar-refractivity contribution is 0.438. The molecule has 5 nitrogen and oxygen atoms in total. The summed E-state index contributed by atoms with van der Waals surface area (Å²) in [5, 5.41) is 3.90. The van der Waals surface area contributed by atoms with Crippen molar-refractivity contribution in [2.24, 2.45) is 0 Å². The first-order valence-electron chi connectivity index (χ1n) is 5.03. The van der Waals surface area contributed by atoms with Gasteiger partial charge in [0.25, 0.3) is 0 Å². The minimum absolute atomic E-state index is 0.172. The Hall–Kier alpha value is -2.04. The fourth-order valence-electron chi connectivity index (χ4n) is 1.67. The molecule has 0 unspecified atom stereocenters. The van der Waals surface area contributed by atoms with Crippen molar-refractivity contribution in [1.29, 1.82) is 0 Å². The molecule has 0 saturated heterocycles. The summed E-state index contributed by atoms with van der Waals surface area (Å²) in [6.07, 6.45) is 1.58. The van der Waals surface area contributed by atoms with Crippen molar-refractivity contribution in [2.75, 3.05) is 5.73 Å². The summed E-state index contributed by atoms with van der Waals surface area (Å²) in [7, 11) is 0. The molecule has 2 heterocycles. The molecule has 0 aromatic carbocycles. The summed E-state index contributed by atoms with van der Waals surface area (Å²) < 4.78 is 4.97. The van der Waals surface area contributed by atoms with Crippen LogP contribution in [-0.4, -0.2) is 10.1 Å². The van der Waals surface area contributed by atoms with Crippen LogP contribution in [0.3, 0.4) is 0 Å². The second-order valence-corrected chi connectivity index (χ2v) is 3.91. The average Bonchev–Trinajstić information content (AvgIpc) is 2.60. The number of pyridine rings is 1. The number of nitrogens with zero attached hydrogens (tertiary/aromatic N) is 1. The van der Waals surface area contributed by atoms with Crippen LogP contribution in [0.4, 0.5) is 5.88 Å². The van der Waals surface area contributed by atoms with E-state index >= 15 is 0 Å². The monoisotopic (exact) mass is 219 g/mol. The molecule has 5 heteroatoms. The maximum absolute atomic E-state index is 11.2. The average molecular weight is 219 g/mol. The largest absolute Gasteiger partial charge is 0.367 e. The van der Waals surface area contributed by atoms with Crippen LogP contribution < -0.4 is 11.3 Å². The molecule has 0 spiro atoms. The first-order chi connectivity index (χ1) is 7.59. The van der Waals surface area contributed by atoms with Gasteiger partial charge in [0.15, 0.2) is 0 Å². The van der Waals surface area contributed by atoms with Gasteiger partial charge >= 0.3 is 0 Å². The smallest absolute Gasteiger partial charge is 0.248 e. The third-order valence-electron chi connectivity index (χ3n) is 2.38. The molecular formula is C11H13N3O2. The highest BCUT2D eigenvalue weighted by Crippen LogP contribution is 2.31. The number of nitrogen functional groups attached to an aromatic ring is 1. The second-order valence-electron chi connectivity index (χ2n) is 3.91. The number of rotatable bonds is 2. The van der Waals surface area contributed by atoms with Crippen LogP contribution in [0.2, 0.25) is 0 Å². The fraction of sp³-hybridized carbons (Fsp3) is 0.273. The Balaban J connectivity index is 2.60. The summed E-state index contributed by atoms with van der Waals surface area (Å²) in [5.41, 5.74) is 7.72. The number of hydrogen-bond donors (Lipinski definition) is 2. The zero-order valence-electron chi connectivity index (χ0n) is 9.15. The van der Waals surface area contributed by atoms with Gasteiger partial charge in [-0.3, -0.25) is 4.79 Å². The molecule has 0 aliphatic carbocycles. The summed E-state index contributed by atoms with van der Waals surface area (Å²) >= 11 is 0. The van der Waals surface area contributed by atoms with Gasteiger partial charge in [-0.05, 0) is 12.0 Å². The molecule has 0 amide bonds. The third kappa shape index (κ3) is 1.71. The number of nitrogens with two attached hydrogens (primary N) is 1. The van der Waals surface area contributed by atoms with E-state index in [0.29, 0.717) is 17.1 Å². The maximum Gasteiger partial charge on any atom is 0.248 e. The van der Waals surface area contributed by atoms with Crippen molar-refractivity contribution in [3.63, 3.8) is 0 Å². The van der Waals surface area contributed by atoms with Crippen molar-refractivity contribution in [3.05, 3.63) is 34.2 Å². The topological polar surface area (TPSA) is 84.9 Å². The van der Waals surface area contributed by atoms with Crippen molar-refractivity contribution in [1.82, 2.24) is 10.1 Å². The lowest BCUT2D eigenvalue weighted by atomic mass is 9.99. The van der Waals surface area contributed by atoms with Crippen molar-refractivity contribution in [2.45, 2.75) is 19.8 Å². The molecule has 0 aliphatic heterocycles. The summed E-state index contributed by atoms with van der Waals surface area (Å²) in [5.74, 6) is 0.505. The van der Waals surface area contributed by atoms with E-state index in [4.69, 9.17) is 10.3 Å². The van der Waals surface area contributed by atoms with E-state index in [0.717, 1.165) is 5.56 Å². The van der Waals surface area contributed by atoms with Crippen LogP contribution in [0, 0.1) is 0 Å². The highest BCUT2D eigenvalue weighted by Gasteiger charge is 2.18. The standard InChI is InChI=1S/C11H13N3O2/c1-6(2)9-10(14-16-11(9)12)7-3-4-13-8(15)5-7/h3-6H,12H2,1-2H3,(H,13,15). The highest BCUT2D eigenvalue weighted by molar-refractivity contribution is 5.67. The predicted molar refractivity (Wildman–Crippen MR) is 61.1 cm³/mol. The second kappa shape index (κ2) is 3.84. The molecule has 0 fully saturated rings. The van der Waals surface area contributed by atoms with Crippen LogP contribution in [-0.2, 0) is 0 Å². The quantitative estimate of drug-likeness (QED) is 0.805. The van der Waals surface area contributed by atoms with Gasteiger partial charge in [0, 0.05) is 23.4 Å². The third-order valence-corrected chi connectivity index (χ3v) is 2.38. The van der Waals surface area contributed by atoms with Crippen LogP contribution in [0.1, 0.15) is 25.3 Å². The molecule has 0 atom stereocenters. The molecule has 2 rings (SSSR count). The van der Waals surface area contributed by atoms with Crippen LogP contribution in [0.25, 0.3) is 11.3 Å². The van der Waals surface area contributed by atoms with E-state index in [1.165, 1.54) is 6.07 Å². The van der Waals surface area contributed by atoms with Gasteiger partial charge in [-0.25, -0.2) is 0 Å². The van der Waals surface area contributed by atoms with Crippen molar-refractivity contribution < 1.29 is 4.52 Å². The zero-order valence-corrected chi connectivity index (χ0v) is 9.15. The highest BCUT2D eigenvalue weighted by atomic mass is 16.5. The maximum atomic E-state index is 11.2. The number of anilines is 1. The molecule has 0 bridgehead atoms. The molecule has 2 aromatic heterocycles. The Morgan fingerprint density at radius 2 is 2.25 bits per heavy atom. The van der Waals surface area contributed by atoms with Gasteiger partial charge in [-0.2, -0.15) is 0 Å². The number of aromatic nitrogens is 2. The van der Waals surface area contributed by atoms with Gasteiger partial charge in [-0.15, -0.1) is 0 Å². The number of aromatic amines is 1. The van der Waals surface area contributed by atoms with Gasteiger partial charge in [0.1, 0.15) is 5.69 Å². The fourth-order valence-corrected chi connectivity index (χ4v) is 1.67. The van der Waals surface area contributed by atoms with Gasteiger partial charge < -0.3 is 15.2 Å². The van der Waals surface area contributed by atoms with E-state index in [-0.39, 0.29) is 11.5 Å². The summed E-state index contributed by atoms with van der Waals surface area (Å²) in [6, 6.07) is 3.24. The molecule has 0 radical (unpaired) electrons. The molecule has 84 valence electrons. The summed E-state index contributed by atoms with van der Waals surface area (Å²) in [6.45, 7) is 4.00. The summed E-state index contributed by atoms with van der Waals surface area (Å²) in [4.78, 5) is 13.8. The Bertz CT molecular complexity index is 554. The molecule has 0 aliphatic rings. The predicted octanol–water partition coefficient (Wildman–Crippen LogP) is 1.74. The van der Waals surface area contributed by atoms with Crippen molar-refractivity contribution >= 4 is 5.88 Å². The molecule has 16 heavy (non-hydrogen) atoms. The molecular weight excluding hydrogens is 206 g/mol. The van der Waals surface area contributed by atoms with E-state index in [1.54, 1.807) is 12.3 Å². The number of hydrogen-bond acceptors (Lipinski definition) is 4. The van der Waals surface area contributed by atoms with Crippen LogP contribution in [0.15, 0.2) is 27.6 Å². The Kier molecular flexibility index (Phi) is 2.52. The molecule has 2 aromatic rings. The van der Waals surface area contributed by atoms with Gasteiger partial charge in [0.2, 0.25) is 11.4 Å². The van der Waals surface area contributed by atoms with Gasteiger partial charge in [0.05, 0.1) is 0 Å². The van der Waals surface area contributed by atoms with Crippen LogP contribution >= 0.6 is 0 Å². The van der Waals surface area contributed by atoms with E-state index in [1.807, 2.05) is 13.8 Å². The minimum Gasteiger partial charge on any atom is -0.367 e. The minimum atomic E-state index is -0.172. The zero-order chi connectivity index (χ0) is 11.7. The lowest BCUT2D eigenvalue weighted by Crippen LogP contribution is -2.03. The van der Waals surface area contributed by atoms with Crippen molar-refractivity contribution in [3.8, 4) is 11.3 Å². The van der Waals surface area contributed by atoms with Crippen LogP contribution in [0.5, 0.6) is 0 Å². The first kappa shape index (κ1) is 10.5. The number of nitrogens with one attached hydrogen (secondary N) is 1. The first-order valence-corrected chi connectivity index (χ1v) is 5.03. The van der Waals surface area contributed by atoms with E-state index in [9.17, 15) is 4.79 Å². The Morgan fingerprint density at radius 1 is 1.50 bits per heavy atom. The SMILES string of the molecule is CC(C)c1c(-c2cc[nH]c(=O)c2)noc1N.